The third-order valence-corrected chi connectivity index (χ3v) is 2.93. The lowest BCUT2D eigenvalue weighted by atomic mass is 9.98. The molecule has 0 aromatic heterocycles. The van der Waals surface area contributed by atoms with Gasteiger partial charge in [-0.05, 0) is 39.0 Å². The first kappa shape index (κ1) is 15.5. The van der Waals surface area contributed by atoms with E-state index in [1.165, 1.54) is 19.1 Å². The van der Waals surface area contributed by atoms with Gasteiger partial charge >= 0.3 is 6.18 Å². The monoisotopic (exact) mass is 275 g/mol. The highest BCUT2D eigenvalue weighted by molar-refractivity contribution is 5.94. The molecule has 106 valence electrons. The molecule has 19 heavy (non-hydrogen) atoms. The largest absolute Gasteiger partial charge is 0.416 e. The van der Waals surface area contributed by atoms with E-state index in [0.717, 1.165) is 12.1 Å². The highest BCUT2D eigenvalue weighted by Gasteiger charge is 2.32. The number of carbonyl (C=O) groups is 1. The third kappa shape index (κ3) is 3.96. The van der Waals surface area contributed by atoms with E-state index >= 15 is 0 Å². The van der Waals surface area contributed by atoms with Crippen LogP contribution in [0.5, 0.6) is 0 Å². The molecule has 0 aliphatic heterocycles. The van der Waals surface area contributed by atoms with Gasteiger partial charge < -0.3 is 10.4 Å². The lowest BCUT2D eigenvalue weighted by Gasteiger charge is -2.29. The Balaban J connectivity index is 2.96. The van der Waals surface area contributed by atoms with Gasteiger partial charge in [-0.25, -0.2) is 0 Å². The molecule has 0 saturated carbocycles. The van der Waals surface area contributed by atoms with Gasteiger partial charge in [-0.1, -0.05) is 6.07 Å². The molecule has 3 nitrogen and oxygen atoms in total. The van der Waals surface area contributed by atoms with Crippen LogP contribution in [0.4, 0.5) is 13.2 Å². The number of rotatable bonds is 3. The zero-order valence-corrected chi connectivity index (χ0v) is 10.9. The van der Waals surface area contributed by atoms with Crippen LogP contribution in [0.1, 0.15) is 36.7 Å². The summed E-state index contributed by atoms with van der Waals surface area (Å²) in [7, 11) is 0. The first-order valence-electron chi connectivity index (χ1n) is 5.72. The number of halogens is 3. The molecule has 0 fully saturated rings. The van der Waals surface area contributed by atoms with Crippen LogP contribution in [0.25, 0.3) is 0 Å². The molecule has 0 spiro atoms. The van der Waals surface area contributed by atoms with Crippen molar-refractivity contribution in [3.05, 3.63) is 35.4 Å². The first-order chi connectivity index (χ1) is 8.54. The summed E-state index contributed by atoms with van der Waals surface area (Å²) in [5.74, 6) is -0.656. The van der Waals surface area contributed by atoms with Crippen molar-refractivity contribution in [3.63, 3.8) is 0 Å². The third-order valence-electron chi connectivity index (χ3n) is 2.93. The number of nitrogens with one attached hydrogen (secondary N) is 1. The van der Waals surface area contributed by atoms with E-state index in [1.54, 1.807) is 13.8 Å². The van der Waals surface area contributed by atoms with E-state index in [1.807, 2.05) is 0 Å². The summed E-state index contributed by atoms with van der Waals surface area (Å²) in [6.07, 6.45) is -5.32. The van der Waals surface area contributed by atoms with E-state index in [-0.39, 0.29) is 5.56 Å². The van der Waals surface area contributed by atoms with Crippen LogP contribution in [0.2, 0.25) is 0 Å². The molecule has 1 amide bonds. The maximum Gasteiger partial charge on any atom is 0.416 e. The molecule has 1 rings (SSSR count). The maximum absolute atomic E-state index is 12.5. The Labute approximate surface area is 109 Å². The second kappa shape index (κ2) is 5.21. The van der Waals surface area contributed by atoms with E-state index in [0.29, 0.717) is 0 Å². The van der Waals surface area contributed by atoms with Crippen LogP contribution in [-0.4, -0.2) is 22.7 Å². The lowest BCUT2D eigenvalue weighted by Crippen LogP contribution is -2.51. The smallest absolute Gasteiger partial charge is 0.391 e. The predicted molar refractivity (Wildman–Crippen MR) is 64.7 cm³/mol. The summed E-state index contributed by atoms with van der Waals surface area (Å²) >= 11 is 0. The lowest BCUT2D eigenvalue weighted by molar-refractivity contribution is -0.137. The summed E-state index contributed by atoms with van der Waals surface area (Å²) in [6.45, 7) is 4.67. The summed E-state index contributed by atoms with van der Waals surface area (Å²) in [6, 6.07) is 4.15. The zero-order chi connectivity index (χ0) is 14.8. The Hall–Kier alpha value is -1.56. The molecule has 0 heterocycles. The number of alkyl halides is 3. The minimum absolute atomic E-state index is 0.0939. The van der Waals surface area contributed by atoms with Crippen molar-refractivity contribution in [1.29, 1.82) is 0 Å². The summed E-state index contributed by atoms with van der Waals surface area (Å²) in [5, 5.41) is 12.0. The topological polar surface area (TPSA) is 49.3 Å². The fourth-order valence-corrected chi connectivity index (χ4v) is 1.31. The molecule has 0 aliphatic rings. The second-order valence-corrected chi connectivity index (χ2v) is 4.93. The van der Waals surface area contributed by atoms with Crippen molar-refractivity contribution in [2.75, 3.05) is 0 Å². The SMILES string of the molecule is CC(O)C(C)(C)NC(=O)c1cccc(C(F)(F)F)c1. The quantitative estimate of drug-likeness (QED) is 0.890. The first-order valence-corrected chi connectivity index (χ1v) is 5.72. The van der Waals surface area contributed by atoms with Crippen molar-refractivity contribution < 1.29 is 23.1 Å². The van der Waals surface area contributed by atoms with Gasteiger partial charge in [0, 0.05) is 5.56 Å². The number of aliphatic hydroxyl groups is 1. The van der Waals surface area contributed by atoms with E-state index in [4.69, 9.17) is 0 Å². The van der Waals surface area contributed by atoms with Gasteiger partial charge in [-0.3, -0.25) is 4.79 Å². The summed E-state index contributed by atoms with van der Waals surface area (Å²) < 4.78 is 37.6. The molecule has 6 heteroatoms. The Kier molecular flexibility index (Phi) is 4.25. The number of hydrogen-bond donors (Lipinski definition) is 2. The summed E-state index contributed by atoms with van der Waals surface area (Å²) in [4.78, 5) is 11.9. The standard InChI is InChI=1S/C13H16F3NO2/c1-8(18)12(2,3)17-11(19)9-5-4-6-10(7-9)13(14,15)16/h4-8,18H,1-3H3,(H,17,19). The van der Waals surface area contributed by atoms with Gasteiger partial charge in [-0.15, -0.1) is 0 Å². The molecule has 0 radical (unpaired) electrons. The number of aliphatic hydroxyl groups excluding tert-OH is 1. The average molecular weight is 275 g/mol. The van der Waals surface area contributed by atoms with Gasteiger partial charge in [0.2, 0.25) is 0 Å². The Morgan fingerprint density at radius 1 is 1.32 bits per heavy atom. The molecule has 1 aromatic carbocycles. The Morgan fingerprint density at radius 3 is 2.37 bits per heavy atom. The van der Waals surface area contributed by atoms with Gasteiger partial charge in [-0.2, -0.15) is 13.2 Å². The molecular weight excluding hydrogens is 259 g/mol. The minimum Gasteiger partial charge on any atom is -0.391 e. The molecule has 1 atom stereocenters. The van der Waals surface area contributed by atoms with Gasteiger partial charge in [0.05, 0.1) is 17.2 Å². The number of hydrogen-bond acceptors (Lipinski definition) is 2. The normalized spacial score (nSPS) is 14.1. The van der Waals surface area contributed by atoms with Crippen molar-refractivity contribution in [3.8, 4) is 0 Å². The molecule has 0 aliphatic carbocycles. The van der Waals surface area contributed by atoms with Gasteiger partial charge in [0.25, 0.3) is 5.91 Å². The predicted octanol–water partition coefficient (Wildman–Crippen LogP) is 2.59. The fourth-order valence-electron chi connectivity index (χ4n) is 1.31. The van der Waals surface area contributed by atoms with E-state index < -0.39 is 29.3 Å². The van der Waals surface area contributed by atoms with Crippen LogP contribution in [-0.2, 0) is 6.18 Å². The van der Waals surface area contributed by atoms with Crippen molar-refractivity contribution in [2.45, 2.75) is 38.6 Å². The Morgan fingerprint density at radius 2 is 1.89 bits per heavy atom. The highest BCUT2D eigenvalue weighted by Crippen LogP contribution is 2.29. The molecule has 1 unspecified atom stereocenters. The number of carbonyl (C=O) groups excluding carboxylic acids is 1. The summed E-state index contributed by atoms with van der Waals surface area (Å²) in [5.41, 5.74) is -1.90. The number of amides is 1. The van der Waals surface area contributed by atoms with Crippen LogP contribution in [0, 0.1) is 0 Å². The molecule has 1 aromatic rings. The average Bonchev–Trinajstić information content (AvgIpc) is 2.27. The molecule has 0 saturated heterocycles. The van der Waals surface area contributed by atoms with E-state index in [2.05, 4.69) is 5.32 Å². The number of benzene rings is 1. The van der Waals surface area contributed by atoms with Crippen molar-refractivity contribution >= 4 is 5.91 Å². The second-order valence-electron chi connectivity index (χ2n) is 4.93. The van der Waals surface area contributed by atoms with E-state index in [9.17, 15) is 23.1 Å². The Bertz CT molecular complexity index is 467. The zero-order valence-electron chi connectivity index (χ0n) is 10.9. The molecular formula is C13H16F3NO2. The minimum atomic E-state index is -4.49. The van der Waals surface area contributed by atoms with Crippen LogP contribution < -0.4 is 5.32 Å². The fraction of sp³-hybridized carbons (Fsp3) is 0.462. The molecule has 0 bridgehead atoms. The van der Waals surface area contributed by atoms with Crippen LogP contribution in [0.15, 0.2) is 24.3 Å². The van der Waals surface area contributed by atoms with Crippen molar-refractivity contribution in [2.24, 2.45) is 0 Å². The van der Waals surface area contributed by atoms with Crippen LogP contribution >= 0.6 is 0 Å². The highest BCUT2D eigenvalue weighted by atomic mass is 19.4. The van der Waals surface area contributed by atoms with Crippen LogP contribution in [0.3, 0.4) is 0 Å². The maximum atomic E-state index is 12.5. The van der Waals surface area contributed by atoms with Crippen molar-refractivity contribution in [1.82, 2.24) is 5.32 Å². The van der Waals surface area contributed by atoms with Gasteiger partial charge in [0.15, 0.2) is 0 Å². The molecule has 2 N–H and O–H groups in total. The van der Waals surface area contributed by atoms with Gasteiger partial charge in [0.1, 0.15) is 0 Å².